The van der Waals surface area contributed by atoms with Gasteiger partial charge in [-0.15, -0.1) is 0 Å². The lowest BCUT2D eigenvalue weighted by molar-refractivity contribution is -0.136. The summed E-state index contributed by atoms with van der Waals surface area (Å²) in [6.07, 6.45) is -3.48. The molecule has 12 heteroatoms. The molecule has 35 heavy (non-hydrogen) atoms. The van der Waals surface area contributed by atoms with Crippen molar-refractivity contribution in [3.05, 3.63) is 17.6 Å². The number of fused-ring (bicyclic) bond motifs is 1. The SMILES string of the molecule is COc1nc(C2CCN(C(=O)OC(C)(C)C)C2)nc2c1c(C(F)(F)F)cn2COCC[Si](C)(C)C. The summed E-state index contributed by atoms with van der Waals surface area (Å²) in [5, 5.41) is -0.195. The molecule has 1 amide bonds. The molecule has 0 N–H and O–H groups in total. The van der Waals surface area contributed by atoms with Gasteiger partial charge in [0.2, 0.25) is 5.88 Å². The lowest BCUT2D eigenvalue weighted by atomic mass is 10.1. The summed E-state index contributed by atoms with van der Waals surface area (Å²) in [5.41, 5.74) is -1.40. The Morgan fingerprint density at radius 2 is 1.89 bits per heavy atom. The Morgan fingerprint density at radius 3 is 2.46 bits per heavy atom. The van der Waals surface area contributed by atoms with Crippen molar-refractivity contribution < 1.29 is 32.2 Å². The van der Waals surface area contributed by atoms with E-state index in [2.05, 4.69) is 29.6 Å². The third kappa shape index (κ3) is 6.87. The number of hydrogen-bond acceptors (Lipinski definition) is 6. The lowest BCUT2D eigenvalue weighted by Gasteiger charge is -2.24. The van der Waals surface area contributed by atoms with Crippen LogP contribution in [0.15, 0.2) is 6.20 Å². The molecule has 2 aromatic heterocycles. The fraction of sp³-hybridized carbons (Fsp3) is 0.696. The van der Waals surface area contributed by atoms with Crippen molar-refractivity contribution in [1.29, 1.82) is 0 Å². The molecule has 196 valence electrons. The predicted molar refractivity (Wildman–Crippen MR) is 128 cm³/mol. The molecular weight excluding hydrogens is 481 g/mol. The van der Waals surface area contributed by atoms with Crippen molar-refractivity contribution >= 4 is 25.2 Å². The third-order valence-corrected chi connectivity index (χ3v) is 7.34. The van der Waals surface area contributed by atoms with Crippen LogP contribution in [0.5, 0.6) is 5.88 Å². The molecule has 1 unspecified atom stereocenters. The molecule has 0 aromatic carbocycles. The first kappa shape index (κ1) is 27.2. The Kier molecular flexibility index (Phi) is 7.75. The number of halogens is 3. The second-order valence-electron chi connectivity index (χ2n) is 11.1. The molecule has 0 aliphatic carbocycles. The predicted octanol–water partition coefficient (Wildman–Crippen LogP) is 5.50. The molecule has 1 fully saturated rings. The zero-order chi connectivity index (χ0) is 26.2. The molecule has 0 bridgehead atoms. The van der Waals surface area contributed by atoms with E-state index >= 15 is 0 Å². The molecule has 3 heterocycles. The van der Waals surface area contributed by atoms with Crippen molar-refractivity contribution in [3.8, 4) is 5.88 Å². The number of aromatic nitrogens is 3. The Hall–Kier alpha value is -2.34. The number of alkyl halides is 3. The second kappa shape index (κ2) is 9.96. The van der Waals surface area contributed by atoms with Gasteiger partial charge in [-0.1, -0.05) is 19.6 Å². The van der Waals surface area contributed by atoms with E-state index in [1.165, 1.54) is 11.7 Å². The van der Waals surface area contributed by atoms with E-state index in [4.69, 9.17) is 14.2 Å². The van der Waals surface area contributed by atoms with E-state index in [-0.39, 0.29) is 29.6 Å². The first-order valence-corrected chi connectivity index (χ1v) is 15.4. The van der Waals surface area contributed by atoms with E-state index in [1.807, 2.05) is 0 Å². The fourth-order valence-electron chi connectivity index (χ4n) is 3.82. The van der Waals surface area contributed by atoms with Crippen molar-refractivity contribution in [1.82, 2.24) is 19.4 Å². The third-order valence-electron chi connectivity index (χ3n) is 5.63. The monoisotopic (exact) mass is 516 g/mol. The molecule has 1 atom stereocenters. The summed E-state index contributed by atoms with van der Waals surface area (Å²) in [4.78, 5) is 22.9. The molecular formula is C23H35F3N4O4Si. The first-order valence-electron chi connectivity index (χ1n) is 11.7. The smallest absolute Gasteiger partial charge is 0.418 e. The first-order chi connectivity index (χ1) is 16.1. The Morgan fingerprint density at radius 1 is 1.20 bits per heavy atom. The molecule has 2 aromatic rings. The fourth-order valence-corrected chi connectivity index (χ4v) is 4.57. The highest BCUT2D eigenvalue weighted by molar-refractivity contribution is 6.76. The maximum Gasteiger partial charge on any atom is 0.418 e. The molecule has 8 nitrogen and oxygen atoms in total. The van der Waals surface area contributed by atoms with Gasteiger partial charge in [0.15, 0.2) is 0 Å². The quantitative estimate of drug-likeness (QED) is 0.357. The van der Waals surface area contributed by atoms with Gasteiger partial charge in [0.1, 0.15) is 23.8 Å². The number of carbonyl (C=O) groups is 1. The summed E-state index contributed by atoms with van der Waals surface area (Å²) in [7, 11) is -0.0618. The molecule has 0 radical (unpaired) electrons. The summed E-state index contributed by atoms with van der Waals surface area (Å²) in [6.45, 7) is 13.1. The van der Waals surface area contributed by atoms with Gasteiger partial charge in [-0.3, -0.25) is 0 Å². The van der Waals surface area contributed by atoms with E-state index in [9.17, 15) is 18.0 Å². The van der Waals surface area contributed by atoms with Gasteiger partial charge in [-0.25, -0.2) is 9.78 Å². The summed E-state index contributed by atoms with van der Waals surface area (Å²) in [6, 6.07) is 0.893. The summed E-state index contributed by atoms with van der Waals surface area (Å²) < 4.78 is 59.4. The molecule has 0 saturated carbocycles. The Labute approximate surface area is 204 Å². The Bertz CT molecular complexity index is 1060. The molecule has 3 rings (SSSR count). The van der Waals surface area contributed by atoms with E-state index in [0.29, 0.717) is 31.9 Å². The summed E-state index contributed by atoms with van der Waals surface area (Å²) in [5.74, 6) is -0.0733. The normalized spacial score (nSPS) is 17.3. The minimum atomic E-state index is -4.61. The van der Waals surface area contributed by atoms with Crippen LogP contribution in [-0.2, 0) is 22.4 Å². The topological polar surface area (TPSA) is 78.7 Å². The van der Waals surface area contributed by atoms with Gasteiger partial charge in [0.05, 0.1) is 18.1 Å². The van der Waals surface area contributed by atoms with Crippen LogP contribution in [0.3, 0.4) is 0 Å². The zero-order valence-corrected chi connectivity index (χ0v) is 22.5. The van der Waals surface area contributed by atoms with Crippen LogP contribution in [-0.4, -0.2) is 66.0 Å². The number of hydrogen-bond donors (Lipinski definition) is 0. The highest BCUT2D eigenvalue weighted by atomic mass is 28.3. The number of amides is 1. The standard InChI is InChI=1S/C23H35F3N4O4Si/c1-22(2,3)34-21(31)29-9-8-15(12-29)18-27-19-17(20(28-18)32-4)16(23(24,25)26)13-30(19)14-33-10-11-35(5,6)7/h13,15H,8-12,14H2,1-7H3. The van der Waals surface area contributed by atoms with Gasteiger partial charge in [0.25, 0.3) is 0 Å². The zero-order valence-electron chi connectivity index (χ0n) is 21.5. The average Bonchev–Trinajstić information content (AvgIpc) is 3.34. The van der Waals surface area contributed by atoms with Crippen LogP contribution in [0.4, 0.5) is 18.0 Å². The molecule has 1 aliphatic rings. The highest BCUT2D eigenvalue weighted by Gasteiger charge is 2.38. The van der Waals surface area contributed by atoms with Crippen LogP contribution >= 0.6 is 0 Å². The number of carbonyl (C=O) groups excluding carboxylic acids is 1. The van der Waals surface area contributed by atoms with Crippen molar-refractivity contribution in [3.63, 3.8) is 0 Å². The van der Waals surface area contributed by atoms with Crippen LogP contribution in [0.2, 0.25) is 25.7 Å². The van der Waals surface area contributed by atoms with Gasteiger partial charge in [0, 0.05) is 39.9 Å². The number of ether oxygens (including phenoxy) is 3. The van der Waals surface area contributed by atoms with Crippen molar-refractivity contribution in [2.24, 2.45) is 0 Å². The van der Waals surface area contributed by atoms with Gasteiger partial charge in [-0.05, 0) is 33.2 Å². The minimum absolute atomic E-state index is 0.0641. The molecule has 0 spiro atoms. The number of methoxy groups -OCH3 is 1. The van der Waals surface area contributed by atoms with Crippen LogP contribution < -0.4 is 4.74 Å². The summed E-state index contributed by atoms with van der Waals surface area (Å²) >= 11 is 0. The number of nitrogens with zero attached hydrogens (tertiary/aromatic N) is 4. The molecule has 1 aliphatic heterocycles. The lowest BCUT2D eigenvalue weighted by Crippen LogP contribution is -2.35. The van der Waals surface area contributed by atoms with Crippen LogP contribution in [0.25, 0.3) is 11.0 Å². The highest BCUT2D eigenvalue weighted by Crippen LogP contribution is 2.40. The van der Waals surface area contributed by atoms with Crippen molar-refractivity contribution in [2.75, 3.05) is 26.8 Å². The maximum atomic E-state index is 13.9. The minimum Gasteiger partial charge on any atom is -0.480 e. The van der Waals surface area contributed by atoms with Crippen LogP contribution in [0.1, 0.15) is 44.5 Å². The van der Waals surface area contributed by atoms with E-state index in [0.717, 1.165) is 12.2 Å². The maximum absolute atomic E-state index is 13.9. The van der Waals surface area contributed by atoms with E-state index in [1.54, 1.807) is 25.7 Å². The second-order valence-corrected chi connectivity index (χ2v) is 16.7. The van der Waals surface area contributed by atoms with Crippen LogP contribution in [0, 0.1) is 0 Å². The number of likely N-dealkylation sites (tertiary alicyclic amines) is 1. The van der Waals surface area contributed by atoms with Gasteiger partial charge >= 0.3 is 12.3 Å². The van der Waals surface area contributed by atoms with Gasteiger partial charge < -0.3 is 23.7 Å². The average molecular weight is 517 g/mol. The Balaban J connectivity index is 1.92. The number of rotatable bonds is 7. The largest absolute Gasteiger partial charge is 0.480 e. The van der Waals surface area contributed by atoms with Gasteiger partial charge in [-0.2, -0.15) is 18.2 Å². The molecule has 1 saturated heterocycles. The van der Waals surface area contributed by atoms with Crippen molar-refractivity contribution in [2.45, 2.75) is 77.3 Å². The van der Waals surface area contributed by atoms with E-state index < -0.39 is 31.5 Å².